The average molecular weight is 234 g/mol. The van der Waals surface area contributed by atoms with Gasteiger partial charge >= 0.3 is 0 Å². The second-order valence-corrected chi connectivity index (χ2v) is 5.30. The predicted octanol–water partition coefficient (Wildman–Crippen LogP) is 1.87. The fourth-order valence-corrected chi connectivity index (χ4v) is 2.40. The lowest BCUT2D eigenvalue weighted by Crippen LogP contribution is -2.47. The first kappa shape index (κ1) is 12.4. The third-order valence-corrected chi connectivity index (χ3v) is 3.73. The molecule has 0 aliphatic carbocycles. The molecule has 94 valence electrons. The van der Waals surface area contributed by atoms with Crippen LogP contribution in [0.5, 0.6) is 5.75 Å². The van der Waals surface area contributed by atoms with E-state index in [1.165, 1.54) is 5.56 Å². The molecule has 17 heavy (non-hydrogen) atoms. The molecule has 1 heterocycles. The summed E-state index contributed by atoms with van der Waals surface area (Å²) >= 11 is 0. The van der Waals surface area contributed by atoms with E-state index >= 15 is 0 Å². The molecule has 3 nitrogen and oxygen atoms in total. The standard InChI is InChI=1S/C14H22N2O/c1-10-3-4-14(17)12(7-10)8-16-6-5-11(2)13(15)9-16/h3-4,7,11,13,17H,5-6,8-9,15H2,1-2H3. The summed E-state index contributed by atoms with van der Waals surface area (Å²) in [5.41, 5.74) is 8.28. The van der Waals surface area contributed by atoms with Gasteiger partial charge in [-0.15, -0.1) is 0 Å². The largest absolute Gasteiger partial charge is 0.508 e. The van der Waals surface area contributed by atoms with Crippen LogP contribution < -0.4 is 5.73 Å². The molecule has 0 aromatic heterocycles. The highest BCUT2D eigenvalue weighted by atomic mass is 16.3. The molecular formula is C14H22N2O. The Morgan fingerprint density at radius 2 is 2.24 bits per heavy atom. The third-order valence-electron chi connectivity index (χ3n) is 3.73. The minimum atomic E-state index is 0.260. The van der Waals surface area contributed by atoms with E-state index < -0.39 is 0 Å². The second kappa shape index (κ2) is 5.07. The van der Waals surface area contributed by atoms with E-state index in [2.05, 4.69) is 17.9 Å². The van der Waals surface area contributed by atoms with Crippen LogP contribution in [0.1, 0.15) is 24.5 Å². The number of piperidine rings is 1. The fourth-order valence-electron chi connectivity index (χ4n) is 2.40. The van der Waals surface area contributed by atoms with Gasteiger partial charge in [0.2, 0.25) is 0 Å². The predicted molar refractivity (Wildman–Crippen MR) is 69.9 cm³/mol. The average Bonchev–Trinajstić information content (AvgIpc) is 2.29. The Kier molecular flexibility index (Phi) is 3.69. The van der Waals surface area contributed by atoms with Crippen molar-refractivity contribution < 1.29 is 5.11 Å². The number of phenolic OH excluding ortho intramolecular Hbond substituents is 1. The molecule has 0 radical (unpaired) electrons. The quantitative estimate of drug-likeness (QED) is 0.821. The topological polar surface area (TPSA) is 49.5 Å². The first-order valence-corrected chi connectivity index (χ1v) is 6.32. The SMILES string of the molecule is Cc1ccc(O)c(CN2CCC(C)C(N)C2)c1. The molecule has 1 fully saturated rings. The lowest BCUT2D eigenvalue weighted by molar-refractivity contribution is 0.161. The van der Waals surface area contributed by atoms with Crippen LogP contribution in [0.2, 0.25) is 0 Å². The normalized spacial score (nSPS) is 26.1. The van der Waals surface area contributed by atoms with E-state index in [-0.39, 0.29) is 6.04 Å². The van der Waals surface area contributed by atoms with Gasteiger partial charge in [-0.25, -0.2) is 0 Å². The molecule has 3 heteroatoms. The summed E-state index contributed by atoms with van der Waals surface area (Å²) in [6, 6.07) is 6.02. The van der Waals surface area contributed by atoms with E-state index in [9.17, 15) is 5.11 Å². The van der Waals surface area contributed by atoms with Crippen molar-refractivity contribution in [1.29, 1.82) is 0 Å². The molecule has 0 saturated carbocycles. The van der Waals surface area contributed by atoms with Crippen molar-refractivity contribution in [1.82, 2.24) is 4.90 Å². The van der Waals surface area contributed by atoms with Crippen LogP contribution in [-0.4, -0.2) is 29.1 Å². The van der Waals surface area contributed by atoms with Crippen LogP contribution in [-0.2, 0) is 6.54 Å². The van der Waals surface area contributed by atoms with Crippen LogP contribution in [0.15, 0.2) is 18.2 Å². The highest BCUT2D eigenvalue weighted by Crippen LogP contribution is 2.23. The lowest BCUT2D eigenvalue weighted by atomic mass is 9.94. The summed E-state index contributed by atoms with van der Waals surface area (Å²) in [5, 5.41) is 9.83. The van der Waals surface area contributed by atoms with E-state index in [1.807, 2.05) is 13.0 Å². The Labute approximate surface area is 103 Å². The van der Waals surface area contributed by atoms with E-state index in [4.69, 9.17) is 5.73 Å². The summed E-state index contributed by atoms with van der Waals surface area (Å²) in [6.07, 6.45) is 1.15. The van der Waals surface area contributed by atoms with Gasteiger partial charge in [-0.3, -0.25) is 4.90 Å². The van der Waals surface area contributed by atoms with Gasteiger partial charge in [0.15, 0.2) is 0 Å². The minimum absolute atomic E-state index is 0.260. The van der Waals surface area contributed by atoms with Crippen molar-refractivity contribution in [3.05, 3.63) is 29.3 Å². The number of hydrogen-bond acceptors (Lipinski definition) is 3. The summed E-state index contributed by atoms with van der Waals surface area (Å²) in [5.74, 6) is 1.00. The summed E-state index contributed by atoms with van der Waals surface area (Å²) < 4.78 is 0. The number of rotatable bonds is 2. The van der Waals surface area contributed by atoms with Crippen molar-refractivity contribution in [2.75, 3.05) is 13.1 Å². The van der Waals surface area contributed by atoms with Crippen LogP contribution in [0.4, 0.5) is 0 Å². The van der Waals surface area contributed by atoms with Crippen LogP contribution in [0, 0.1) is 12.8 Å². The van der Waals surface area contributed by atoms with Gasteiger partial charge in [0.25, 0.3) is 0 Å². The molecule has 1 aromatic rings. The molecule has 2 atom stereocenters. The van der Waals surface area contributed by atoms with Gasteiger partial charge < -0.3 is 10.8 Å². The number of aryl methyl sites for hydroxylation is 1. The number of nitrogens with two attached hydrogens (primary N) is 1. The molecule has 1 aromatic carbocycles. The van der Waals surface area contributed by atoms with Gasteiger partial charge in [0.05, 0.1) is 0 Å². The summed E-state index contributed by atoms with van der Waals surface area (Å²) in [6.45, 7) is 7.06. The molecule has 0 bridgehead atoms. The van der Waals surface area contributed by atoms with Gasteiger partial charge in [0.1, 0.15) is 5.75 Å². The Hall–Kier alpha value is -1.06. The van der Waals surface area contributed by atoms with Gasteiger partial charge in [-0.2, -0.15) is 0 Å². The zero-order chi connectivity index (χ0) is 12.4. The summed E-state index contributed by atoms with van der Waals surface area (Å²) in [4.78, 5) is 2.33. The molecule has 1 saturated heterocycles. The van der Waals surface area contributed by atoms with E-state index in [0.717, 1.165) is 31.6 Å². The highest BCUT2D eigenvalue weighted by molar-refractivity contribution is 5.35. The fraction of sp³-hybridized carbons (Fsp3) is 0.571. The Bertz CT molecular complexity index is 392. The van der Waals surface area contributed by atoms with E-state index in [1.54, 1.807) is 6.07 Å². The molecule has 3 N–H and O–H groups in total. The van der Waals surface area contributed by atoms with E-state index in [0.29, 0.717) is 11.7 Å². The van der Waals surface area contributed by atoms with Crippen molar-refractivity contribution in [2.45, 2.75) is 32.9 Å². The van der Waals surface area contributed by atoms with Crippen molar-refractivity contribution in [3.8, 4) is 5.75 Å². The summed E-state index contributed by atoms with van der Waals surface area (Å²) in [7, 11) is 0. The molecule has 1 aliphatic rings. The molecule has 1 aliphatic heterocycles. The maximum Gasteiger partial charge on any atom is 0.120 e. The molecule has 2 rings (SSSR count). The van der Waals surface area contributed by atoms with Crippen LogP contribution in [0.25, 0.3) is 0 Å². The molecule has 0 amide bonds. The number of benzene rings is 1. The number of phenols is 1. The number of aromatic hydroxyl groups is 1. The monoisotopic (exact) mass is 234 g/mol. The van der Waals surface area contributed by atoms with Crippen molar-refractivity contribution in [3.63, 3.8) is 0 Å². The Morgan fingerprint density at radius 3 is 2.94 bits per heavy atom. The van der Waals surface area contributed by atoms with Crippen molar-refractivity contribution >= 4 is 0 Å². The third kappa shape index (κ3) is 2.99. The molecule has 0 spiro atoms. The second-order valence-electron chi connectivity index (χ2n) is 5.30. The first-order valence-electron chi connectivity index (χ1n) is 6.32. The molecule has 2 unspecified atom stereocenters. The highest BCUT2D eigenvalue weighted by Gasteiger charge is 2.23. The maximum absolute atomic E-state index is 9.83. The zero-order valence-corrected chi connectivity index (χ0v) is 10.7. The van der Waals surface area contributed by atoms with Gasteiger partial charge in [-0.05, 0) is 31.9 Å². The minimum Gasteiger partial charge on any atom is -0.508 e. The number of likely N-dealkylation sites (tertiary alicyclic amines) is 1. The smallest absolute Gasteiger partial charge is 0.120 e. The van der Waals surface area contributed by atoms with Crippen LogP contribution in [0.3, 0.4) is 0 Å². The van der Waals surface area contributed by atoms with Crippen molar-refractivity contribution in [2.24, 2.45) is 11.7 Å². The maximum atomic E-state index is 9.83. The Balaban J connectivity index is 2.03. The Morgan fingerprint density at radius 1 is 1.47 bits per heavy atom. The molecular weight excluding hydrogens is 212 g/mol. The number of nitrogens with zero attached hydrogens (tertiary/aromatic N) is 1. The first-order chi connectivity index (χ1) is 8.06. The van der Waals surface area contributed by atoms with Crippen LogP contribution >= 0.6 is 0 Å². The zero-order valence-electron chi connectivity index (χ0n) is 10.7. The number of hydrogen-bond donors (Lipinski definition) is 2. The van der Waals surface area contributed by atoms with Gasteiger partial charge in [0, 0.05) is 24.7 Å². The lowest BCUT2D eigenvalue weighted by Gasteiger charge is -2.35. The van der Waals surface area contributed by atoms with Gasteiger partial charge in [-0.1, -0.05) is 24.6 Å².